The van der Waals surface area contributed by atoms with Crippen LogP contribution < -0.4 is 10.1 Å². The third-order valence-electron chi connectivity index (χ3n) is 5.66. The standard InChI is InChI=1S/C25H33N3O6S/c1-25(2,13-8-14-26)18-28(35(32,33)21-12-7-11-20(16-21)34-3)17-23(29)22(27-24(30)31)15-19-9-5-4-6-10-19/h4-7,9-12,16,22-23,27,29H,8,13,15,17-18H2,1-3H3,(H,30,31)/t22-,23+/m0/s1. The molecule has 2 aromatic rings. The zero-order chi connectivity index (χ0) is 26.1. The van der Waals surface area contributed by atoms with Crippen LogP contribution in [0.5, 0.6) is 5.75 Å². The second kappa shape index (κ2) is 12.5. The maximum absolute atomic E-state index is 13.6. The van der Waals surface area contributed by atoms with Crippen molar-refractivity contribution in [2.24, 2.45) is 5.41 Å². The van der Waals surface area contributed by atoms with Crippen LogP contribution in [0.4, 0.5) is 4.79 Å². The third kappa shape index (κ3) is 8.55. The van der Waals surface area contributed by atoms with Crippen LogP contribution in [0.3, 0.4) is 0 Å². The van der Waals surface area contributed by atoms with Crippen LogP contribution in [0.2, 0.25) is 0 Å². The lowest BCUT2D eigenvalue weighted by Gasteiger charge is -2.34. The highest BCUT2D eigenvalue weighted by Crippen LogP contribution is 2.29. The fourth-order valence-electron chi connectivity index (χ4n) is 3.75. The predicted octanol–water partition coefficient (Wildman–Crippen LogP) is 3.26. The van der Waals surface area contributed by atoms with Gasteiger partial charge in [0.1, 0.15) is 5.75 Å². The highest BCUT2D eigenvalue weighted by Gasteiger charge is 2.34. The lowest BCUT2D eigenvalue weighted by atomic mass is 9.88. The number of ether oxygens (including phenoxy) is 1. The van der Waals surface area contributed by atoms with E-state index < -0.39 is 33.7 Å². The van der Waals surface area contributed by atoms with E-state index in [2.05, 4.69) is 11.4 Å². The lowest BCUT2D eigenvalue weighted by Crippen LogP contribution is -2.51. The minimum Gasteiger partial charge on any atom is -0.497 e. The van der Waals surface area contributed by atoms with Gasteiger partial charge in [-0.3, -0.25) is 0 Å². The van der Waals surface area contributed by atoms with Crippen LogP contribution in [0.1, 0.15) is 32.3 Å². The van der Waals surface area contributed by atoms with Crippen molar-refractivity contribution >= 4 is 16.1 Å². The predicted molar refractivity (Wildman–Crippen MR) is 131 cm³/mol. The van der Waals surface area contributed by atoms with Gasteiger partial charge in [0.25, 0.3) is 0 Å². The Labute approximate surface area is 207 Å². The van der Waals surface area contributed by atoms with E-state index in [0.717, 1.165) is 9.87 Å². The van der Waals surface area contributed by atoms with Gasteiger partial charge in [0.2, 0.25) is 10.0 Å². The third-order valence-corrected chi connectivity index (χ3v) is 7.47. The average molecular weight is 504 g/mol. The first-order chi connectivity index (χ1) is 16.5. The van der Waals surface area contributed by atoms with E-state index in [-0.39, 0.29) is 30.8 Å². The van der Waals surface area contributed by atoms with Crippen molar-refractivity contribution < 1.29 is 28.2 Å². The molecule has 2 rings (SSSR count). The zero-order valence-electron chi connectivity index (χ0n) is 20.2. The van der Waals surface area contributed by atoms with Crippen LogP contribution in [-0.2, 0) is 16.4 Å². The number of benzene rings is 2. The van der Waals surface area contributed by atoms with Gasteiger partial charge in [-0.2, -0.15) is 9.57 Å². The number of aliphatic hydroxyl groups excluding tert-OH is 1. The summed E-state index contributed by atoms with van der Waals surface area (Å²) in [7, 11) is -2.65. The first-order valence-electron chi connectivity index (χ1n) is 11.2. The molecule has 0 bridgehead atoms. The molecule has 0 unspecified atom stereocenters. The molecule has 0 saturated carbocycles. The van der Waals surface area contributed by atoms with E-state index in [9.17, 15) is 23.4 Å². The molecule has 0 radical (unpaired) electrons. The summed E-state index contributed by atoms with van der Waals surface area (Å²) in [6, 6.07) is 16.2. The molecule has 9 nitrogen and oxygen atoms in total. The van der Waals surface area contributed by atoms with Crippen molar-refractivity contribution in [3.63, 3.8) is 0 Å². The summed E-state index contributed by atoms with van der Waals surface area (Å²) in [5.74, 6) is 0.366. The summed E-state index contributed by atoms with van der Waals surface area (Å²) >= 11 is 0. The van der Waals surface area contributed by atoms with Crippen LogP contribution in [0, 0.1) is 16.7 Å². The number of aliphatic hydroxyl groups is 1. The Morgan fingerprint density at radius 2 is 1.89 bits per heavy atom. The summed E-state index contributed by atoms with van der Waals surface area (Å²) in [6.07, 6.45) is -1.77. The molecule has 2 aromatic carbocycles. The van der Waals surface area contributed by atoms with Crippen molar-refractivity contribution in [1.82, 2.24) is 9.62 Å². The minimum atomic E-state index is -4.09. The number of nitrogens with zero attached hydrogens (tertiary/aromatic N) is 2. The molecule has 0 aliphatic carbocycles. The monoisotopic (exact) mass is 503 g/mol. The van der Waals surface area contributed by atoms with Gasteiger partial charge in [0.15, 0.2) is 0 Å². The first kappa shape index (κ1) is 28.1. The molecule has 35 heavy (non-hydrogen) atoms. The van der Waals surface area contributed by atoms with E-state index >= 15 is 0 Å². The summed E-state index contributed by atoms with van der Waals surface area (Å²) < 4.78 is 33.6. The molecular formula is C25H33N3O6S. The number of hydrogen-bond donors (Lipinski definition) is 3. The second-order valence-corrected chi connectivity index (χ2v) is 11.0. The van der Waals surface area contributed by atoms with Crippen molar-refractivity contribution in [3.05, 3.63) is 60.2 Å². The molecular weight excluding hydrogens is 470 g/mol. The molecule has 0 fully saturated rings. The van der Waals surface area contributed by atoms with Gasteiger partial charge in [0.05, 0.1) is 30.2 Å². The molecule has 0 saturated heterocycles. The fraction of sp³-hybridized carbons (Fsp3) is 0.440. The minimum absolute atomic E-state index is 0.00839. The zero-order valence-corrected chi connectivity index (χ0v) is 21.0. The van der Waals surface area contributed by atoms with Gasteiger partial charge < -0.3 is 20.3 Å². The van der Waals surface area contributed by atoms with Crippen molar-refractivity contribution in [2.75, 3.05) is 20.2 Å². The van der Waals surface area contributed by atoms with Crippen LogP contribution >= 0.6 is 0 Å². The van der Waals surface area contributed by atoms with E-state index in [1.165, 1.54) is 19.2 Å². The molecule has 190 valence electrons. The van der Waals surface area contributed by atoms with Crippen LogP contribution in [0.25, 0.3) is 0 Å². The maximum Gasteiger partial charge on any atom is 0.404 e. The summed E-state index contributed by atoms with van der Waals surface area (Å²) in [4.78, 5) is 11.4. The molecule has 1 amide bonds. The number of sulfonamides is 1. The Balaban J connectivity index is 2.40. The number of hydrogen-bond acceptors (Lipinski definition) is 6. The van der Waals surface area contributed by atoms with Gasteiger partial charge in [-0.05, 0) is 36.0 Å². The van der Waals surface area contributed by atoms with Gasteiger partial charge in [-0.25, -0.2) is 13.2 Å². The number of methoxy groups -OCH3 is 1. The second-order valence-electron chi connectivity index (χ2n) is 9.11. The molecule has 3 N–H and O–H groups in total. The Kier molecular flexibility index (Phi) is 10.1. The Morgan fingerprint density at radius 1 is 1.20 bits per heavy atom. The SMILES string of the molecule is COc1cccc(S(=O)(=O)N(C[C@@H](O)[C@H](Cc2ccccc2)NC(=O)O)CC(C)(C)CCC#N)c1. The number of carboxylic acid groups (broad SMARTS) is 1. The maximum atomic E-state index is 13.6. The number of nitriles is 1. The molecule has 0 aliphatic rings. The normalized spacial score (nSPS) is 13.6. The number of amides is 1. The molecule has 0 spiro atoms. The smallest absolute Gasteiger partial charge is 0.404 e. The summed E-state index contributed by atoms with van der Waals surface area (Å²) in [5, 5.41) is 31.7. The lowest BCUT2D eigenvalue weighted by molar-refractivity contribution is 0.0908. The molecule has 0 aromatic heterocycles. The molecule has 0 aliphatic heterocycles. The van der Waals surface area contributed by atoms with Crippen molar-refractivity contribution in [1.29, 1.82) is 5.26 Å². The van der Waals surface area contributed by atoms with Crippen LogP contribution in [0.15, 0.2) is 59.5 Å². The quantitative estimate of drug-likeness (QED) is 0.381. The van der Waals surface area contributed by atoms with Crippen LogP contribution in [-0.4, -0.2) is 61.4 Å². The van der Waals surface area contributed by atoms with E-state index in [1.54, 1.807) is 36.4 Å². The Morgan fingerprint density at radius 3 is 2.49 bits per heavy atom. The van der Waals surface area contributed by atoms with Crippen molar-refractivity contribution in [2.45, 2.75) is 50.2 Å². The highest BCUT2D eigenvalue weighted by molar-refractivity contribution is 7.89. The number of nitrogens with one attached hydrogen (secondary N) is 1. The molecule has 10 heteroatoms. The Hall–Kier alpha value is -3.13. The van der Waals surface area contributed by atoms with Gasteiger partial charge in [0, 0.05) is 25.6 Å². The fourth-order valence-corrected chi connectivity index (χ4v) is 5.44. The van der Waals surface area contributed by atoms with E-state index in [4.69, 9.17) is 10.00 Å². The van der Waals surface area contributed by atoms with Gasteiger partial charge in [-0.1, -0.05) is 50.2 Å². The summed E-state index contributed by atoms with van der Waals surface area (Å²) in [5.41, 5.74) is 0.221. The van der Waals surface area contributed by atoms with E-state index in [0.29, 0.717) is 12.2 Å². The highest BCUT2D eigenvalue weighted by atomic mass is 32.2. The van der Waals surface area contributed by atoms with Crippen molar-refractivity contribution in [3.8, 4) is 11.8 Å². The largest absolute Gasteiger partial charge is 0.497 e. The van der Waals surface area contributed by atoms with Gasteiger partial charge in [-0.15, -0.1) is 0 Å². The Bertz CT molecular complexity index is 1120. The van der Waals surface area contributed by atoms with Gasteiger partial charge >= 0.3 is 6.09 Å². The summed E-state index contributed by atoms with van der Waals surface area (Å²) in [6.45, 7) is 3.38. The van der Waals surface area contributed by atoms with E-state index in [1.807, 2.05) is 19.9 Å². The first-order valence-corrected chi connectivity index (χ1v) is 12.6. The topological polar surface area (TPSA) is 140 Å². The number of carbonyl (C=O) groups is 1. The average Bonchev–Trinajstić information content (AvgIpc) is 2.82. The molecule has 2 atom stereocenters. The number of rotatable bonds is 13. The molecule has 0 heterocycles.